The standard InChI is InChI=1S/C26H31FN4O2S.ClH/c1-5-29(6-2)11-12-30(26-28-22-14-17(3)13-18(4)24(22)34-26)25(33)19-15-23(32)31(16-19)21-9-7-20(27)8-10-21;/h7-10,13-14,19H,5-6,11-12,15-16H2,1-4H3;1H. The SMILES string of the molecule is CCN(CC)CCN(C(=O)C1CC(=O)N(c2ccc(F)cc2)C1)c1nc2cc(C)cc(C)c2s1.Cl. The zero-order chi connectivity index (χ0) is 24.4. The smallest absolute Gasteiger partial charge is 0.234 e. The van der Waals surface area contributed by atoms with Crippen LogP contribution in [-0.4, -0.2) is 54.4 Å². The maximum Gasteiger partial charge on any atom is 0.234 e. The molecule has 0 spiro atoms. The Morgan fingerprint density at radius 3 is 2.49 bits per heavy atom. The number of benzene rings is 2. The third-order valence-corrected chi connectivity index (χ3v) is 7.68. The van der Waals surface area contributed by atoms with E-state index in [1.165, 1.54) is 23.5 Å². The number of thiazole rings is 1. The van der Waals surface area contributed by atoms with Crippen molar-refractivity contribution < 1.29 is 14.0 Å². The van der Waals surface area contributed by atoms with Crippen LogP contribution in [-0.2, 0) is 9.59 Å². The molecule has 3 aromatic rings. The average molecular weight is 519 g/mol. The molecule has 0 bridgehead atoms. The van der Waals surface area contributed by atoms with E-state index in [1.807, 2.05) is 13.0 Å². The number of carbonyl (C=O) groups is 2. The van der Waals surface area contributed by atoms with Gasteiger partial charge in [0.2, 0.25) is 11.8 Å². The molecule has 9 heteroatoms. The van der Waals surface area contributed by atoms with Crippen molar-refractivity contribution in [2.45, 2.75) is 34.1 Å². The lowest BCUT2D eigenvalue weighted by atomic mass is 10.1. The first-order valence-electron chi connectivity index (χ1n) is 11.8. The maximum atomic E-state index is 13.8. The van der Waals surface area contributed by atoms with Gasteiger partial charge in [0.15, 0.2) is 5.13 Å². The molecule has 1 aliphatic rings. The minimum Gasteiger partial charge on any atom is -0.312 e. The highest BCUT2D eigenvalue weighted by Gasteiger charge is 2.38. The Labute approximate surface area is 216 Å². The van der Waals surface area contributed by atoms with E-state index < -0.39 is 5.92 Å². The van der Waals surface area contributed by atoms with Crippen LogP contribution in [0.2, 0.25) is 0 Å². The molecule has 1 aromatic heterocycles. The summed E-state index contributed by atoms with van der Waals surface area (Å²) in [5.41, 5.74) is 3.80. The van der Waals surface area contributed by atoms with Gasteiger partial charge in [0, 0.05) is 31.7 Å². The van der Waals surface area contributed by atoms with E-state index in [4.69, 9.17) is 4.98 Å². The van der Waals surface area contributed by atoms with E-state index in [1.54, 1.807) is 21.9 Å². The highest BCUT2D eigenvalue weighted by atomic mass is 35.5. The Morgan fingerprint density at radius 2 is 1.83 bits per heavy atom. The molecule has 2 heterocycles. The number of carbonyl (C=O) groups excluding carboxylic acids is 2. The lowest BCUT2D eigenvalue weighted by Crippen LogP contribution is -2.42. The van der Waals surface area contributed by atoms with Gasteiger partial charge in [-0.3, -0.25) is 14.5 Å². The number of rotatable bonds is 8. The van der Waals surface area contributed by atoms with Gasteiger partial charge < -0.3 is 9.80 Å². The first kappa shape index (κ1) is 27.0. The summed E-state index contributed by atoms with van der Waals surface area (Å²) in [4.78, 5) is 37.0. The molecule has 1 fully saturated rings. The second kappa shape index (κ2) is 11.5. The number of hydrogen-bond donors (Lipinski definition) is 0. The summed E-state index contributed by atoms with van der Waals surface area (Å²) in [7, 11) is 0. The molecule has 1 saturated heterocycles. The molecular formula is C26H32ClFN4O2S. The normalized spacial score (nSPS) is 15.7. The van der Waals surface area contributed by atoms with Gasteiger partial charge in [-0.05, 0) is 68.4 Å². The number of hydrogen-bond acceptors (Lipinski definition) is 5. The van der Waals surface area contributed by atoms with Crippen LogP contribution in [0.1, 0.15) is 31.4 Å². The van der Waals surface area contributed by atoms with Crippen molar-refractivity contribution in [3.05, 3.63) is 53.3 Å². The van der Waals surface area contributed by atoms with Gasteiger partial charge in [-0.1, -0.05) is 31.3 Å². The topological polar surface area (TPSA) is 56.8 Å². The number of anilines is 2. The van der Waals surface area contributed by atoms with Crippen LogP contribution in [0.25, 0.3) is 10.2 Å². The summed E-state index contributed by atoms with van der Waals surface area (Å²) in [5, 5.41) is 0.675. The van der Waals surface area contributed by atoms with Crippen LogP contribution < -0.4 is 9.80 Å². The third-order valence-electron chi connectivity index (χ3n) is 6.45. The molecule has 0 N–H and O–H groups in total. The van der Waals surface area contributed by atoms with E-state index in [0.29, 0.717) is 17.4 Å². The number of halogens is 2. The Hall–Kier alpha value is -2.55. The van der Waals surface area contributed by atoms with Gasteiger partial charge in [-0.2, -0.15) is 0 Å². The Kier molecular flexibility index (Phi) is 8.85. The van der Waals surface area contributed by atoms with Crippen LogP contribution in [0.15, 0.2) is 36.4 Å². The van der Waals surface area contributed by atoms with E-state index in [0.717, 1.165) is 41.0 Å². The second-order valence-corrected chi connectivity index (χ2v) is 9.80. The fourth-order valence-corrected chi connectivity index (χ4v) is 5.57. The number of fused-ring (bicyclic) bond motifs is 1. The molecule has 35 heavy (non-hydrogen) atoms. The van der Waals surface area contributed by atoms with Crippen molar-refractivity contribution >= 4 is 56.6 Å². The summed E-state index contributed by atoms with van der Waals surface area (Å²) < 4.78 is 14.4. The molecule has 2 amide bonds. The van der Waals surface area contributed by atoms with Gasteiger partial charge in [0.05, 0.1) is 16.1 Å². The molecular weight excluding hydrogens is 487 g/mol. The number of aromatic nitrogens is 1. The van der Waals surface area contributed by atoms with Gasteiger partial charge in [0.1, 0.15) is 5.82 Å². The number of aryl methyl sites for hydroxylation is 2. The molecule has 1 unspecified atom stereocenters. The van der Waals surface area contributed by atoms with Crippen LogP contribution >= 0.6 is 23.7 Å². The highest BCUT2D eigenvalue weighted by Crippen LogP contribution is 2.34. The number of amides is 2. The fraction of sp³-hybridized carbons (Fsp3) is 0.423. The molecule has 0 radical (unpaired) electrons. The number of likely N-dealkylation sites (N-methyl/N-ethyl adjacent to an activating group) is 1. The van der Waals surface area contributed by atoms with Crippen LogP contribution in [0.3, 0.4) is 0 Å². The predicted octanol–water partition coefficient (Wildman–Crippen LogP) is 5.20. The van der Waals surface area contributed by atoms with Crippen molar-refractivity contribution in [1.29, 1.82) is 0 Å². The van der Waals surface area contributed by atoms with Crippen LogP contribution in [0, 0.1) is 25.6 Å². The summed E-state index contributed by atoms with van der Waals surface area (Å²) in [6, 6.07) is 10.0. The van der Waals surface area contributed by atoms with E-state index in [2.05, 4.69) is 31.7 Å². The van der Waals surface area contributed by atoms with Crippen molar-refractivity contribution in [2.24, 2.45) is 5.92 Å². The van der Waals surface area contributed by atoms with Gasteiger partial charge >= 0.3 is 0 Å². The maximum absolute atomic E-state index is 13.8. The summed E-state index contributed by atoms with van der Waals surface area (Å²) in [6.07, 6.45) is 0.140. The first-order valence-corrected chi connectivity index (χ1v) is 12.6. The van der Waals surface area contributed by atoms with Gasteiger partial charge in [-0.25, -0.2) is 9.37 Å². The van der Waals surface area contributed by atoms with Gasteiger partial charge in [0.25, 0.3) is 0 Å². The quantitative estimate of drug-likeness (QED) is 0.411. The molecule has 188 valence electrons. The summed E-state index contributed by atoms with van der Waals surface area (Å²) in [6.45, 7) is 11.7. The molecule has 6 nitrogen and oxygen atoms in total. The van der Waals surface area contributed by atoms with Crippen molar-refractivity contribution in [3.63, 3.8) is 0 Å². The fourth-order valence-electron chi connectivity index (χ4n) is 4.53. The zero-order valence-corrected chi connectivity index (χ0v) is 22.2. The predicted molar refractivity (Wildman–Crippen MR) is 143 cm³/mol. The summed E-state index contributed by atoms with van der Waals surface area (Å²) in [5.74, 6) is -1.03. The Balaban J connectivity index is 0.00000342. The van der Waals surface area contributed by atoms with Crippen molar-refractivity contribution in [3.8, 4) is 0 Å². The molecule has 1 atom stereocenters. The largest absolute Gasteiger partial charge is 0.312 e. The van der Waals surface area contributed by atoms with E-state index >= 15 is 0 Å². The second-order valence-electron chi connectivity index (χ2n) is 8.83. The zero-order valence-electron chi connectivity index (χ0n) is 20.6. The van der Waals surface area contributed by atoms with Gasteiger partial charge in [-0.15, -0.1) is 12.4 Å². The lowest BCUT2D eigenvalue weighted by molar-refractivity contribution is -0.124. The molecule has 2 aromatic carbocycles. The Morgan fingerprint density at radius 1 is 1.14 bits per heavy atom. The minimum absolute atomic E-state index is 0. The van der Waals surface area contributed by atoms with E-state index in [9.17, 15) is 14.0 Å². The minimum atomic E-state index is -0.468. The first-order chi connectivity index (χ1) is 16.3. The number of nitrogens with zero attached hydrogens (tertiary/aromatic N) is 4. The van der Waals surface area contributed by atoms with Crippen LogP contribution in [0.5, 0.6) is 0 Å². The van der Waals surface area contributed by atoms with Crippen LogP contribution in [0.4, 0.5) is 15.2 Å². The van der Waals surface area contributed by atoms with Crippen molar-refractivity contribution in [2.75, 3.05) is 42.5 Å². The average Bonchev–Trinajstić information content (AvgIpc) is 3.41. The molecule has 0 saturated carbocycles. The van der Waals surface area contributed by atoms with Crippen molar-refractivity contribution in [1.82, 2.24) is 9.88 Å². The lowest BCUT2D eigenvalue weighted by Gasteiger charge is -2.26. The molecule has 4 rings (SSSR count). The third kappa shape index (κ3) is 5.82. The molecule has 1 aliphatic heterocycles. The highest BCUT2D eigenvalue weighted by molar-refractivity contribution is 7.22. The molecule has 0 aliphatic carbocycles. The summed E-state index contributed by atoms with van der Waals surface area (Å²) >= 11 is 1.53. The monoisotopic (exact) mass is 518 g/mol. The van der Waals surface area contributed by atoms with E-state index in [-0.39, 0.29) is 43.0 Å². The Bertz CT molecular complexity index is 1200.